The van der Waals surface area contributed by atoms with Gasteiger partial charge in [-0.25, -0.2) is 4.21 Å². The van der Waals surface area contributed by atoms with Gasteiger partial charge in [-0.15, -0.1) is 0 Å². The third-order valence-corrected chi connectivity index (χ3v) is 0.643. The highest BCUT2D eigenvalue weighted by Crippen LogP contribution is 1.72. The molecule has 0 amide bonds. The molecule has 0 saturated carbocycles. The summed E-state index contributed by atoms with van der Waals surface area (Å²) in [5.74, 6) is 0. The Morgan fingerprint density at radius 3 is 2.38 bits per heavy atom. The van der Waals surface area contributed by atoms with Crippen LogP contribution in [0.1, 0.15) is 0 Å². The van der Waals surface area contributed by atoms with Crippen LogP contribution in [-0.4, -0.2) is 34.1 Å². The van der Waals surface area contributed by atoms with E-state index in [1.165, 1.54) is 6.34 Å². The molecule has 0 aliphatic rings. The third-order valence-electron chi connectivity index (χ3n) is 0.368. The second-order valence-electron chi connectivity index (χ2n) is 1.42. The highest BCUT2D eigenvalue weighted by atomic mass is 32.2. The predicted octanol–water partition coefficient (Wildman–Crippen LogP) is -0.287. The SMILES string of the molecule is CN(C)C=NS(=O)O. The molecule has 0 spiro atoms. The Kier molecular flexibility index (Phi) is 3.38. The van der Waals surface area contributed by atoms with Crippen molar-refractivity contribution in [2.24, 2.45) is 4.40 Å². The molecule has 0 aromatic rings. The van der Waals surface area contributed by atoms with E-state index in [-0.39, 0.29) is 0 Å². The van der Waals surface area contributed by atoms with Gasteiger partial charge in [-0.05, 0) is 0 Å². The number of hydrogen-bond donors (Lipinski definition) is 1. The molecule has 0 aromatic heterocycles. The average molecular weight is 136 g/mol. The van der Waals surface area contributed by atoms with E-state index in [2.05, 4.69) is 4.40 Å². The lowest BCUT2D eigenvalue weighted by atomic mass is 11.0. The van der Waals surface area contributed by atoms with Crippen LogP contribution in [0.5, 0.6) is 0 Å². The molecule has 48 valence electrons. The van der Waals surface area contributed by atoms with Gasteiger partial charge in [0.15, 0.2) is 0 Å². The van der Waals surface area contributed by atoms with E-state index < -0.39 is 11.3 Å². The maximum atomic E-state index is 9.79. The normalized spacial score (nSPS) is 14.4. The van der Waals surface area contributed by atoms with Crippen LogP contribution in [0.2, 0.25) is 0 Å². The van der Waals surface area contributed by atoms with Gasteiger partial charge in [-0.1, -0.05) is 0 Å². The van der Waals surface area contributed by atoms with Crippen molar-refractivity contribution >= 4 is 17.6 Å². The van der Waals surface area contributed by atoms with E-state index in [1.807, 2.05) is 0 Å². The van der Waals surface area contributed by atoms with Gasteiger partial charge >= 0.3 is 0 Å². The molecular weight excluding hydrogens is 128 g/mol. The Morgan fingerprint density at radius 2 is 2.25 bits per heavy atom. The first-order valence-corrected chi connectivity index (χ1v) is 3.01. The summed E-state index contributed by atoms with van der Waals surface area (Å²) < 4.78 is 21.0. The number of rotatable bonds is 2. The molecule has 5 heteroatoms. The maximum Gasteiger partial charge on any atom is 0.283 e. The largest absolute Gasteiger partial charge is 0.368 e. The van der Waals surface area contributed by atoms with Gasteiger partial charge < -0.3 is 4.90 Å². The van der Waals surface area contributed by atoms with Gasteiger partial charge in [0.05, 0.1) is 0 Å². The van der Waals surface area contributed by atoms with E-state index in [9.17, 15) is 4.21 Å². The van der Waals surface area contributed by atoms with Crippen molar-refractivity contribution in [3.05, 3.63) is 0 Å². The topological polar surface area (TPSA) is 52.9 Å². The number of nitrogens with zero attached hydrogens (tertiary/aromatic N) is 2. The summed E-state index contributed by atoms with van der Waals surface area (Å²) >= 11 is -2.06. The standard InChI is InChI=1S/C3H8N2O2S/c1-5(2)3-4-8(6)7/h3H,1-2H3,(H,6,7). The molecule has 0 fully saturated rings. The van der Waals surface area contributed by atoms with E-state index >= 15 is 0 Å². The van der Waals surface area contributed by atoms with Crippen molar-refractivity contribution in [1.29, 1.82) is 0 Å². The van der Waals surface area contributed by atoms with Crippen LogP contribution in [0.3, 0.4) is 0 Å². The van der Waals surface area contributed by atoms with E-state index in [1.54, 1.807) is 19.0 Å². The molecule has 8 heavy (non-hydrogen) atoms. The van der Waals surface area contributed by atoms with E-state index in [0.29, 0.717) is 0 Å². The lowest BCUT2D eigenvalue weighted by Crippen LogP contribution is -2.07. The number of hydrogen-bond acceptors (Lipinski definition) is 1. The van der Waals surface area contributed by atoms with Gasteiger partial charge in [0, 0.05) is 14.1 Å². The molecule has 1 unspecified atom stereocenters. The van der Waals surface area contributed by atoms with E-state index in [0.717, 1.165) is 0 Å². The van der Waals surface area contributed by atoms with Crippen LogP contribution in [0, 0.1) is 0 Å². The van der Waals surface area contributed by atoms with Crippen LogP contribution >= 0.6 is 0 Å². The lowest BCUT2D eigenvalue weighted by molar-refractivity contribution is 0.564. The van der Waals surface area contributed by atoms with Crippen molar-refractivity contribution in [1.82, 2.24) is 4.90 Å². The second kappa shape index (κ2) is 3.57. The first kappa shape index (κ1) is 7.58. The Hall–Kier alpha value is -0.420. The molecular formula is C3H8N2O2S. The first-order valence-electron chi connectivity index (χ1n) is 1.94. The molecule has 0 heterocycles. The zero-order valence-corrected chi connectivity index (χ0v) is 5.55. The monoisotopic (exact) mass is 136 g/mol. The van der Waals surface area contributed by atoms with Gasteiger partial charge in [0.1, 0.15) is 6.34 Å². The molecule has 4 nitrogen and oxygen atoms in total. The molecule has 0 aromatic carbocycles. The first-order chi connectivity index (χ1) is 3.63. The average Bonchev–Trinajstić information content (AvgIpc) is 1.61. The van der Waals surface area contributed by atoms with Crippen molar-refractivity contribution < 1.29 is 8.76 Å². The second-order valence-corrected chi connectivity index (χ2v) is 2.09. The minimum absolute atomic E-state index is 1.27. The van der Waals surface area contributed by atoms with E-state index in [4.69, 9.17) is 4.55 Å². The zero-order chi connectivity index (χ0) is 6.57. The fourth-order valence-electron chi connectivity index (χ4n) is 0.135. The maximum absolute atomic E-state index is 9.79. The van der Waals surface area contributed by atoms with Gasteiger partial charge in [-0.2, -0.15) is 4.40 Å². The van der Waals surface area contributed by atoms with Crippen LogP contribution in [0.25, 0.3) is 0 Å². The molecule has 0 bridgehead atoms. The highest BCUT2D eigenvalue weighted by Gasteiger charge is 1.80. The Morgan fingerprint density at radius 1 is 1.75 bits per heavy atom. The summed E-state index contributed by atoms with van der Waals surface area (Å²) in [6, 6.07) is 0. The Bertz CT molecular complexity index is 112. The lowest BCUT2D eigenvalue weighted by Gasteiger charge is -1.98. The summed E-state index contributed by atoms with van der Waals surface area (Å²) in [5.41, 5.74) is 0. The van der Waals surface area contributed by atoms with Crippen molar-refractivity contribution in [3.8, 4) is 0 Å². The zero-order valence-electron chi connectivity index (χ0n) is 4.74. The summed E-state index contributed by atoms with van der Waals surface area (Å²) in [6.45, 7) is 0. The van der Waals surface area contributed by atoms with Crippen molar-refractivity contribution in [3.63, 3.8) is 0 Å². The molecule has 0 aliphatic heterocycles. The third kappa shape index (κ3) is 5.58. The summed E-state index contributed by atoms with van der Waals surface area (Å²) in [4.78, 5) is 1.58. The molecule has 0 aliphatic carbocycles. The van der Waals surface area contributed by atoms with Gasteiger partial charge in [-0.3, -0.25) is 4.55 Å². The van der Waals surface area contributed by atoms with Crippen LogP contribution < -0.4 is 0 Å². The molecule has 1 atom stereocenters. The molecule has 0 radical (unpaired) electrons. The quantitative estimate of drug-likeness (QED) is 0.322. The van der Waals surface area contributed by atoms with Crippen molar-refractivity contribution in [2.45, 2.75) is 0 Å². The van der Waals surface area contributed by atoms with Crippen LogP contribution in [0.4, 0.5) is 0 Å². The Balaban J connectivity index is 3.50. The summed E-state index contributed by atoms with van der Waals surface area (Å²) in [6.07, 6.45) is 1.27. The molecule has 1 N–H and O–H groups in total. The fourth-order valence-corrected chi connectivity index (χ4v) is 0.404. The molecule has 0 saturated heterocycles. The Labute approximate surface area is 50.6 Å². The molecule has 0 rings (SSSR count). The van der Waals surface area contributed by atoms with Crippen LogP contribution in [-0.2, 0) is 11.3 Å². The van der Waals surface area contributed by atoms with Crippen LogP contribution in [0.15, 0.2) is 4.40 Å². The van der Waals surface area contributed by atoms with Gasteiger partial charge in [0.25, 0.3) is 11.3 Å². The summed E-state index contributed by atoms with van der Waals surface area (Å²) in [5, 5.41) is 0. The van der Waals surface area contributed by atoms with Crippen molar-refractivity contribution in [2.75, 3.05) is 14.1 Å². The minimum atomic E-state index is -2.06. The summed E-state index contributed by atoms with van der Waals surface area (Å²) in [7, 11) is 3.44. The minimum Gasteiger partial charge on any atom is -0.368 e. The smallest absolute Gasteiger partial charge is 0.283 e. The predicted molar refractivity (Wildman–Crippen MR) is 33.0 cm³/mol. The highest BCUT2D eigenvalue weighted by molar-refractivity contribution is 7.77. The fraction of sp³-hybridized carbons (Fsp3) is 0.667. The van der Waals surface area contributed by atoms with Gasteiger partial charge in [0.2, 0.25) is 0 Å².